The summed E-state index contributed by atoms with van der Waals surface area (Å²) in [5.74, 6) is -0.201. The molecule has 0 atom stereocenters. The van der Waals surface area contributed by atoms with Gasteiger partial charge in [0.15, 0.2) is 0 Å². The lowest BCUT2D eigenvalue weighted by molar-refractivity contribution is 0.112. The van der Waals surface area contributed by atoms with Gasteiger partial charge in [0, 0.05) is 22.2 Å². The first-order chi connectivity index (χ1) is 9.08. The maximum absolute atomic E-state index is 13.2. The maximum Gasteiger partial charge on any atom is 0.150 e. The first-order valence-electron chi connectivity index (χ1n) is 5.72. The van der Waals surface area contributed by atoms with E-state index >= 15 is 0 Å². The average molecular weight is 279 g/mol. The molecular weight excluding hydrogens is 267 g/mol. The summed E-state index contributed by atoms with van der Waals surface area (Å²) in [5, 5.41) is 0.604. The van der Waals surface area contributed by atoms with Gasteiger partial charge in [-0.1, -0.05) is 23.7 Å². The first-order valence-corrected chi connectivity index (χ1v) is 6.10. The van der Waals surface area contributed by atoms with Crippen LogP contribution in [0.1, 0.15) is 21.5 Å². The predicted octanol–water partition coefficient (Wildman–Crippen LogP) is 4.18. The molecule has 4 heteroatoms. The Bertz CT molecular complexity index is 611. The number of ether oxygens (including phenoxy) is 1. The van der Waals surface area contributed by atoms with Crippen molar-refractivity contribution in [1.82, 2.24) is 0 Å². The van der Waals surface area contributed by atoms with Gasteiger partial charge in [-0.05, 0) is 30.7 Å². The van der Waals surface area contributed by atoms with Crippen LogP contribution in [0.4, 0.5) is 4.39 Å². The van der Waals surface area contributed by atoms with Crippen molar-refractivity contribution < 1.29 is 13.9 Å². The van der Waals surface area contributed by atoms with E-state index in [0.29, 0.717) is 17.1 Å². The van der Waals surface area contributed by atoms with E-state index in [0.717, 1.165) is 17.2 Å². The Hall–Kier alpha value is -1.87. The van der Waals surface area contributed by atoms with Gasteiger partial charge in [-0.2, -0.15) is 0 Å². The normalized spacial score (nSPS) is 10.3. The molecule has 2 aromatic rings. The van der Waals surface area contributed by atoms with Crippen LogP contribution >= 0.6 is 11.6 Å². The van der Waals surface area contributed by atoms with Crippen LogP contribution in [0, 0.1) is 12.7 Å². The molecule has 0 saturated heterocycles. The molecule has 2 aromatic carbocycles. The second-order valence-corrected chi connectivity index (χ2v) is 4.63. The molecular formula is C15H12ClFO2. The van der Waals surface area contributed by atoms with E-state index < -0.39 is 5.82 Å². The molecule has 98 valence electrons. The molecule has 0 fully saturated rings. The molecule has 0 aliphatic heterocycles. The van der Waals surface area contributed by atoms with Crippen molar-refractivity contribution in [2.45, 2.75) is 13.5 Å². The standard InChI is InChI=1S/C15H12ClFO2/c1-10-2-3-12(15(16)4-10)9-19-14-6-11(8-18)5-13(17)7-14/h2-8H,9H2,1H3. The minimum Gasteiger partial charge on any atom is -0.489 e. The number of aldehydes is 1. The SMILES string of the molecule is Cc1ccc(COc2cc(F)cc(C=O)c2)c(Cl)c1. The molecule has 0 unspecified atom stereocenters. The Morgan fingerprint density at radius 1 is 1.26 bits per heavy atom. The van der Waals surface area contributed by atoms with Crippen molar-refractivity contribution in [1.29, 1.82) is 0 Å². The minimum absolute atomic E-state index is 0.223. The second-order valence-electron chi connectivity index (χ2n) is 4.22. The zero-order chi connectivity index (χ0) is 13.8. The van der Waals surface area contributed by atoms with Crippen molar-refractivity contribution in [2.75, 3.05) is 0 Å². The lowest BCUT2D eigenvalue weighted by atomic mass is 10.1. The Labute approximate surface area is 115 Å². The molecule has 2 rings (SSSR count). The number of aryl methyl sites for hydroxylation is 1. The summed E-state index contributed by atoms with van der Waals surface area (Å²) in [6.45, 7) is 2.17. The third-order valence-corrected chi connectivity index (χ3v) is 2.98. The van der Waals surface area contributed by atoms with E-state index in [1.165, 1.54) is 12.1 Å². The van der Waals surface area contributed by atoms with Crippen LogP contribution in [-0.2, 0) is 6.61 Å². The number of carbonyl (C=O) groups is 1. The summed E-state index contributed by atoms with van der Waals surface area (Å²) in [6, 6.07) is 9.49. The van der Waals surface area contributed by atoms with Crippen LogP contribution in [0.25, 0.3) is 0 Å². The van der Waals surface area contributed by atoms with Crippen LogP contribution in [0.3, 0.4) is 0 Å². The van der Waals surface area contributed by atoms with E-state index in [-0.39, 0.29) is 12.2 Å². The third kappa shape index (κ3) is 3.55. The average Bonchev–Trinajstić information content (AvgIpc) is 2.37. The fourth-order valence-electron chi connectivity index (χ4n) is 1.67. The molecule has 0 amide bonds. The Morgan fingerprint density at radius 3 is 2.74 bits per heavy atom. The Kier molecular flexibility index (Phi) is 4.17. The molecule has 0 aliphatic rings. The number of hydrogen-bond acceptors (Lipinski definition) is 2. The lowest BCUT2D eigenvalue weighted by Gasteiger charge is -2.09. The van der Waals surface area contributed by atoms with Gasteiger partial charge in [-0.15, -0.1) is 0 Å². The first kappa shape index (κ1) is 13.6. The largest absolute Gasteiger partial charge is 0.489 e. The fourth-order valence-corrected chi connectivity index (χ4v) is 1.96. The molecule has 0 bridgehead atoms. The smallest absolute Gasteiger partial charge is 0.150 e. The van der Waals surface area contributed by atoms with Crippen molar-refractivity contribution >= 4 is 17.9 Å². The van der Waals surface area contributed by atoms with E-state index in [1.807, 2.05) is 25.1 Å². The fraction of sp³-hybridized carbons (Fsp3) is 0.133. The lowest BCUT2D eigenvalue weighted by Crippen LogP contribution is -1.98. The molecule has 0 N–H and O–H groups in total. The highest BCUT2D eigenvalue weighted by molar-refractivity contribution is 6.31. The highest BCUT2D eigenvalue weighted by atomic mass is 35.5. The van der Waals surface area contributed by atoms with Gasteiger partial charge in [0.1, 0.15) is 24.5 Å². The van der Waals surface area contributed by atoms with Crippen LogP contribution in [0.15, 0.2) is 36.4 Å². The quantitative estimate of drug-likeness (QED) is 0.784. The molecule has 0 radical (unpaired) electrons. The Balaban J connectivity index is 2.14. The van der Waals surface area contributed by atoms with Crippen molar-refractivity contribution in [3.05, 3.63) is 63.9 Å². The molecule has 0 spiro atoms. The number of halogens is 2. The van der Waals surface area contributed by atoms with Gasteiger partial charge < -0.3 is 4.74 Å². The van der Waals surface area contributed by atoms with Gasteiger partial charge in [0.05, 0.1) is 0 Å². The summed E-state index contributed by atoms with van der Waals surface area (Å²) in [5.41, 5.74) is 2.11. The molecule has 19 heavy (non-hydrogen) atoms. The number of carbonyl (C=O) groups excluding carboxylic acids is 1. The van der Waals surface area contributed by atoms with E-state index in [4.69, 9.17) is 16.3 Å². The van der Waals surface area contributed by atoms with Gasteiger partial charge in [0.25, 0.3) is 0 Å². The summed E-state index contributed by atoms with van der Waals surface area (Å²) < 4.78 is 18.7. The van der Waals surface area contributed by atoms with Crippen LogP contribution in [0.2, 0.25) is 5.02 Å². The van der Waals surface area contributed by atoms with E-state index in [9.17, 15) is 9.18 Å². The highest BCUT2D eigenvalue weighted by Crippen LogP contribution is 2.21. The van der Waals surface area contributed by atoms with Gasteiger partial charge in [0.2, 0.25) is 0 Å². The highest BCUT2D eigenvalue weighted by Gasteiger charge is 2.04. The minimum atomic E-state index is -0.505. The number of rotatable bonds is 4. The second kappa shape index (κ2) is 5.85. The summed E-state index contributed by atoms with van der Waals surface area (Å²) in [6.07, 6.45) is 0.578. The molecule has 0 heterocycles. The van der Waals surface area contributed by atoms with Crippen molar-refractivity contribution in [2.24, 2.45) is 0 Å². The van der Waals surface area contributed by atoms with Gasteiger partial charge in [-0.3, -0.25) is 4.79 Å². The number of hydrogen-bond donors (Lipinski definition) is 0. The number of benzene rings is 2. The molecule has 0 aliphatic carbocycles. The van der Waals surface area contributed by atoms with Crippen molar-refractivity contribution in [3.8, 4) is 5.75 Å². The Morgan fingerprint density at radius 2 is 2.05 bits per heavy atom. The van der Waals surface area contributed by atoms with Crippen LogP contribution in [-0.4, -0.2) is 6.29 Å². The van der Waals surface area contributed by atoms with E-state index in [2.05, 4.69) is 0 Å². The summed E-state index contributed by atoms with van der Waals surface area (Å²) in [4.78, 5) is 10.6. The summed E-state index contributed by atoms with van der Waals surface area (Å²) in [7, 11) is 0. The van der Waals surface area contributed by atoms with Crippen LogP contribution < -0.4 is 4.74 Å². The maximum atomic E-state index is 13.2. The molecule has 0 saturated carbocycles. The third-order valence-electron chi connectivity index (χ3n) is 2.63. The monoisotopic (exact) mass is 278 g/mol. The zero-order valence-electron chi connectivity index (χ0n) is 10.3. The van der Waals surface area contributed by atoms with Crippen molar-refractivity contribution in [3.63, 3.8) is 0 Å². The topological polar surface area (TPSA) is 26.3 Å². The van der Waals surface area contributed by atoms with Gasteiger partial charge >= 0.3 is 0 Å². The zero-order valence-corrected chi connectivity index (χ0v) is 11.1. The van der Waals surface area contributed by atoms with E-state index in [1.54, 1.807) is 0 Å². The van der Waals surface area contributed by atoms with Crippen LogP contribution in [0.5, 0.6) is 5.75 Å². The summed E-state index contributed by atoms with van der Waals surface area (Å²) >= 11 is 6.08. The van der Waals surface area contributed by atoms with Gasteiger partial charge in [-0.25, -0.2) is 4.39 Å². The predicted molar refractivity (Wildman–Crippen MR) is 72.3 cm³/mol. The molecule has 0 aromatic heterocycles. The molecule has 2 nitrogen and oxygen atoms in total.